The quantitative estimate of drug-likeness (QED) is 0.663. The number of halogens is 1. The lowest BCUT2D eigenvalue weighted by atomic mass is 10.2. The Balaban J connectivity index is 2.23. The second kappa shape index (κ2) is 5.21. The van der Waals surface area contributed by atoms with E-state index in [1.807, 2.05) is 0 Å². The fourth-order valence-electron chi connectivity index (χ4n) is 1.27. The zero-order valence-corrected chi connectivity index (χ0v) is 10.7. The third-order valence-electron chi connectivity index (χ3n) is 2.13. The SMILES string of the molecule is O=C(O)c1ccc(Nc2ncc([N+](=O)[O-])s2)c(Cl)c1. The van der Waals surface area contributed by atoms with Crippen LogP contribution in [0.2, 0.25) is 5.02 Å². The molecule has 1 heterocycles. The van der Waals surface area contributed by atoms with Crippen LogP contribution in [0.3, 0.4) is 0 Å². The van der Waals surface area contributed by atoms with Gasteiger partial charge in [0.2, 0.25) is 0 Å². The highest BCUT2D eigenvalue weighted by Crippen LogP contribution is 2.31. The highest BCUT2D eigenvalue weighted by Gasteiger charge is 2.13. The number of rotatable bonds is 4. The van der Waals surface area contributed by atoms with E-state index in [9.17, 15) is 14.9 Å². The molecule has 0 unspecified atom stereocenters. The topological polar surface area (TPSA) is 105 Å². The molecule has 0 spiro atoms. The van der Waals surface area contributed by atoms with Gasteiger partial charge in [0.1, 0.15) is 6.20 Å². The van der Waals surface area contributed by atoms with Gasteiger partial charge in [-0.15, -0.1) is 0 Å². The van der Waals surface area contributed by atoms with Crippen molar-refractivity contribution < 1.29 is 14.8 Å². The number of anilines is 2. The number of carboxylic acids is 1. The van der Waals surface area contributed by atoms with Crippen molar-refractivity contribution in [3.05, 3.63) is 45.1 Å². The Kier molecular flexibility index (Phi) is 3.63. The highest BCUT2D eigenvalue weighted by molar-refractivity contribution is 7.18. The number of carbonyl (C=O) groups is 1. The van der Waals surface area contributed by atoms with Gasteiger partial charge < -0.3 is 10.4 Å². The number of aromatic nitrogens is 1. The molecule has 19 heavy (non-hydrogen) atoms. The molecule has 0 fully saturated rings. The number of nitrogens with one attached hydrogen (secondary N) is 1. The number of hydrogen-bond donors (Lipinski definition) is 2. The van der Waals surface area contributed by atoms with Gasteiger partial charge in [0, 0.05) is 0 Å². The summed E-state index contributed by atoms with van der Waals surface area (Å²) in [7, 11) is 0. The van der Waals surface area contributed by atoms with Gasteiger partial charge in [-0.1, -0.05) is 11.6 Å². The molecule has 0 saturated carbocycles. The molecule has 0 radical (unpaired) electrons. The summed E-state index contributed by atoms with van der Waals surface area (Å²) in [6.07, 6.45) is 1.13. The van der Waals surface area contributed by atoms with Crippen LogP contribution in [0.4, 0.5) is 15.8 Å². The van der Waals surface area contributed by atoms with Crippen LogP contribution in [0.25, 0.3) is 0 Å². The minimum absolute atomic E-state index is 0.0562. The van der Waals surface area contributed by atoms with Crippen molar-refractivity contribution in [2.24, 2.45) is 0 Å². The molecule has 1 aromatic carbocycles. The lowest BCUT2D eigenvalue weighted by Gasteiger charge is -2.05. The molecule has 1 aromatic heterocycles. The molecule has 98 valence electrons. The molecule has 2 aromatic rings. The molecular formula is C10H6ClN3O4S. The van der Waals surface area contributed by atoms with Crippen LogP contribution in [0.1, 0.15) is 10.4 Å². The predicted molar refractivity (Wildman–Crippen MR) is 70.5 cm³/mol. The van der Waals surface area contributed by atoms with Crippen molar-refractivity contribution in [1.29, 1.82) is 0 Å². The summed E-state index contributed by atoms with van der Waals surface area (Å²) in [6, 6.07) is 4.13. The van der Waals surface area contributed by atoms with E-state index in [-0.39, 0.29) is 15.6 Å². The Hall–Kier alpha value is -2.19. The van der Waals surface area contributed by atoms with Crippen molar-refractivity contribution in [2.45, 2.75) is 0 Å². The van der Waals surface area contributed by atoms with Crippen LogP contribution in [-0.4, -0.2) is 21.0 Å². The minimum Gasteiger partial charge on any atom is -0.478 e. The van der Waals surface area contributed by atoms with E-state index in [0.29, 0.717) is 10.8 Å². The molecule has 0 saturated heterocycles. The zero-order valence-electron chi connectivity index (χ0n) is 9.16. The van der Waals surface area contributed by atoms with E-state index >= 15 is 0 Å². The largest absolute Gasteiger partial charge is 0.478 e. The summed E-state index contributed by atoms with van der Waals surface area (Å²) >= 11 is 6.77. The van der Waals surface area contributed by atoms with Crippen molar-refractivity contribution in [1.82, 2.24) is 4.98 Å². The molecule has 0 aliphatic rings. The van der Waals surface area contributed by atoms with E-state index in [1.54, 1.807) is 0 Å². The molecule has 0 amide bonds. The fourth-order valence-corrected chi connectivity index (χ4v) is 2.14. The Bertz CT molecular complexity index is 658. The Morgan fingerprint density at radius 1 is 1.53 bits per heavy atom. The number of carboxylic acid groups (broad SMARTS) is 1. The van der Waals surface area contributed by atoms with Crippen LogP contribution in [-0.2, 0) is 0 Å². The van der Waals surface area contributed by atoms with E-state index in [1.165, 1.54) is 18.2 Å². The summed E-state index contributed by atoms with van der Waals surface area (Å²) < 4.78 is 0. The second-order valence-corrected chi connectivity index (χ2v) is 4.80. The lowest BCUT2D eigenvalue weighted by molar-refractivity contribution is -0.380. The summed E-state index contributed by atoms with van der Waals surface area (Å²) in [5.74, 6) is -1.08. The molecule has 7 nitrogen and oxygen atoms in total. The first-order chi connectivity index (χ1) is 8.97. The Morgan fingerprint density at radius 2 is 2.26 bits per heavy atom. The number of thiazole rings is 1. The lowest BCUT2D eigenvalue weighted by Crippen LogP contribution is -1.97. The highest BCUT2D eigenvalue weighted by atomic mass is 35.5. The minimum atomic E-state index is -1.08. The molecule has 0 aliphatic heterocycles. The first-order valence-corrected chi connectivity index (χ1v) is 6.07. The van der Waals surface area contributed by atoms with Crippen LogP contribution >= 0.6 is 22.9 Å². The van der Waals surface area contributed by atoms with Crippen molar-refractivity contribution in [2.75, 3.05) is 5.32 Å². The molecule has 2 rings (SSSR count). The number of hydrogen-bond acceptors (Lipinski definition) is 6. The third kappa shape index (κ3) is 2.98. The Morgan fingerprint density at radius 3 is 2.79 bits per heavy atom. The second-order valence-electron chi connectivity index (χ2n) is 3.39. The van der Waals surface area contributed by atoms with Gasteiger partial charge >= 0.3 is 11.0 Å². The van der Waals surface area contributed by atoms with E-state index in [4.69, 9.17) is 16.7 Å². The molecule has 0 atom stereocenters. The molecular weight excluding hydrogens is 294 g/mol. The maximum Gasteiger partial charge on any atom is 0.345 e. The summed E-state index contributed by atoms with van der Waals surface area (Å²) in [5.41, 5.74) is 0.483. The first-order valence-electron chi connectivity index (χ1n) is 4.87. The molecule has 9 heteroatoms. The smallest absolute Gasteiger partial charge is 0.345 e. The molecule has 0 aliphatic carbocycles. The summed E-state index contributed by atoms with van der Waals surface area (Å²) in [5, 5.41) is 22.5. The van der Waals surface area contributed by atoms with Gasteiger partial charge in [0.05, 0.1) is 21.2 Å². The first kappa shape index (κ1) is 13.2. The summed E-state index contributed by atoms with van der Waals surface area (Å²) in [6.45, 7) is 0. The maximum atomic E-state index is 10.7. The van der Waals surface area contributed by atoms with Gasteiger partial charge in [-0.05, 0) is 29.5 Å². The standard InChI is InChI=1S/C10H6ClN3O4S/c11-6-3-5(9(15)16)1-2-7(6)13-10-12-4-8(19-10)14(17)18/h1-4H,(H,12,13)(H,15,16). The zero-order chi connectivity index (χ0) is 14.0. The van der Waals surface area contributed by atoms with Crippen LogP contribution in [0.15, 0.2) is 24.4 Å². The van der Waals surface area contributed by atoms with Crippen LogP contribution < -0.4 is 5.32 Å². The fraction of sp³-hybridized carbons (Fsp3) is 0. The monoisotopic (exact) mass is 299 g/mol. The van der Waals surface area contributed by atoms with Crippen LogP contribution in [0.5, 0.6) is 0 Å². The average molecular weight is 300 g/mol. The third-order valence-corrected chi connectivity index (χ3v) is 3.31. The Labute approximate surface area is 115 Å². The number of benzene rings is 1. The molecule has 2 N–H and O–H groups in total. The molecule has 0 bridgehead atoms. The normalized spacial score (nSPS) is 10.2. The number of aromatic carboxylic acids is 1. The summed E-state index contributed by atoms with van der Waals surface area (Å²) in [4.78, 5) is 24.5. The van der Waals surface area contributed by atoms with E-state index < -0.39 is 10.9 Å². The van der Waals surface area contributed by atoms with Crippen molar-refractivity contribution in [3.8, 4) is 0 Å². The maximum absolute atomic E-state index is 10.7. The van der Waals surface area contributed by atoms with Crippen molar-refractivity contribution in [3.63, 3.8) is 0 Å². The van der Waals surface area contributed by atoms with Gasteiger partial charge in [-0.25, -0.2) is 9.78 Å². The van der Waals surface area contributed by atoms with Gasteiger partial charge in [-0.2, -0.15) is 0 Å². The van der Waals surface area contributed by atoms with Crippen molar-refractivity contribution >= 4 is 44.7 Å². The average Bonchev–Trinajstić information content (AvgIpc) is 2.80. The van der Waals surface area contributed by atoms with Gasteiger partial charge in [0.25, 0.3) is 0 Å². The van der Waals surface area contributed by atoms with Crippen LogP contribution in [0, 0.1) is 10.1 Å². The number of nitro groups is 1. The van der Waals surface area contributed by atoms with E-state index in [0.717, 1.165) is 17.5 Å². The predicted octanol–water partition coefficient (Wildman–Crippen LogP) is 3.15. The van der Waals surface area contributed by atoms with E-state index in [2.05, 4.69) is 10.3 Å². The van der Waals surface area contributed by atoms with Gasteiger partial charge in [0.15, 0.2) is 5.13 Å². The number of nitrogens with zero attached hydrogens (tertiary/aromatic N) is 2. The van der Waals surface area contributed by atoms with Gasteiger partial charge in [-0.3, -0.25) is 10.1 Å².